The number of nitrogens with one attached hydrogen (secondary N) is 2. The lowest BCUT2D eigenvalue weighted by atomic mass is 10.4. The third kappa shape index (κ3) is 3.23. The fraction of sp³-hybridized carbons (Fsp3) is 0.714. The van der Waals surface area contributed by atoms with Crippen LogP contribution in [0, 0.1) is 0 Å². The molecule has 3 amide bonds. The summed E-state index contributed by atoms with van der Waals surface area (Å²) < 4.78 is 5.12. The highest BCUT2D eigenvalue weighted by Gasteiger charge is 2.30. The molecule has 0 radical (unpaired) electrons. The second kappa shape index (κ2) is 5.08. The van der Waals surface area contributed by atoms with Crippen molar-refractivity contribution in [1.82, 2.24) is 10.6 Å². The Morgan fingerprint density at radius 1 is 1.54 bits per heavy atom. The molecule has 0 spiro atoms. The number of urea groups is 1. The topological polar surface area (TPSA) is 67.4 Å². The van der Waals surface area contributed by atoms with Crippen molar-refractivity contribution >= 4 is 24.0 Å². The maximum atomic E-state index is 11.0. The Bertz CT molecular complexity index is 210. The standard InChI is InChI=1S/C7H12N2O3S/c1-2-3-4-12-13-6-5(10)8-7(11)9-6/h6H,2-4H2,1H3,(H2,8,9,10,11). The van der Waals surface area contributed by atoms with E-state index in [2.05, 4.69) is 17.6 Å². The number of unbranched alkanes of at least 4 members (excludes halogenated alkanes) is 1. The molecule has 0 aromatic rings. The SMILES string of the molecule is CCCCOSC1NC(=O)NC1=O. The highest BCUT2D eigenvalue weighted by Crippen LogP contribution is 2.13. The van der Waals surface area contributed by atoms with Crippen molar-refractivity contribution in [2.75, 3.05) is 6.61 Å². The zero-order valence-electron chi connectivity index (χ0n) is 7.33. The Balaban J connectivity index is 2.14. The van der Waals surface area contributed by atoms with Crippen molar-refractivity contribution in [3.63, 3.8) is 0 Å². The summed E-state index contributed by atoms with van der Waals surface area (Å²) in [5, 5.41) is 3.94. The molecule has 1 atom stereocenters. The molecular weight excluding hydrogens is 192 g/mol. The van der Waals surface area contributed by atoms with Crippen LogP contribution in [0.1, 0.15) is 19.8 Å². The lowest BCUT2D eigenvalue weighted by molar-refractivity contribution is -0.118. The Hall–Kier alpha value is -0.750. The molecule has 5 nitrogen and oxygen atoms in total. The Morgan fingerprint density at radius 3 is 2.85 bits per heavy atom. The van der Waals surface area contributed by atoms with Crippen LogP contribution < -0.4 is 10.6 Å². The first-order valence-corrected chi connectivity index (χ1v) is 4.94. The smallest absolute Gasteiger partial charge is 0.315 e. The van der Waals surface area contributed by atoms with Crippen LogP contribution in [0.2, 0.25) is 0 Å². The van der Waals surface area contributed by atoms with Crippen LogP contribution in [-0.4, -0.2) is 23.9 Å². The van der Waals surface area contributed by atoms with Gasteiger partial charge in [0.05, 0.1) is 6.61 Å². The van der Waals surface area contributed by atoms with Crippen molar-refractivity contribution in [3.05, 3.63) is 0 Å². The second-order valence-corrected chi connectivity index (χ2v) is 3.51. The van der Waals surface area contributed by atoms with E-state index in [4.69, 9.17) is 4.18 Å². The van der Waals surface area contributed by atoms with E-state index in [0.29, 0.717) is 6.61 Å². The van der Waals surface area contributed by atoms with Crippen molar-refractivity contribution < 1.29 is 13.8 Å². The van der Waals surface area contributed by atoms with Gasteiger partial charge in [-0.2, -0.15) is 0 Å². The zero-order chi connectivity index (χ0) is 9.68. The van der Waals surface area contributed by atoms with Crippen LogP contribution in [0.5, 0.6) is 0 Å². The molecular formula is C7H12N2O3S. The Labute approximate surface area is 80.8 Å². The minimum atomic E-state index is -0.593. The van der Waals surface area contributed by atoms with E-state index in [1.807, 2.05) is 0 Å². The van der Waals surface area contributed by atoms with Crippen molar-refractivity contribution in [1.29, 1.82) is 0 Å². The fourth-order valence-corrected chi connectivity index (χ4v) is 1.44. The highest BCUT2D eigenvalue weighted by molar-refractivity contribution is 7.96. The van der Waals surface area contributed by atoms with Gasteiger partial charge in [0.25, 0.3) is 5.91 Å². The number of carbonyl (C=O) groups is 2. The fourth-order valence-electron chi connectivity index (χ4n) is 0.785. The minimum absolute atomic E-state index is 0.341. The van der Waals surface area contributed by atoms with Gasteiger partial charge in [-0.15, -0.1) is 0 Å². The maximum absolute atomic E-state index is 11.0. The van der Waals surface area contributed by atoms with Gasteiger partial charge in [0.2, 0.25) is 0 Å². The highest BCUT2D eigenvalue weighted by atomic mass is 32.2. The van der Waals surface area contributed by atoms with Crippen molar-refractivity contribution in [3.8, 4) is 0 Å². The zero-order valence-corrected chi connectivity index (χ0v) is 8.15. The normalized spacial score (nSPS) is 21.5. The molecule has 1 heterocycles. The summed E-state index contributed by atoms with van der Waals surface area (Å²) in [6, 6.07) is -0.457. The molecule has 2 N–H and O–H groups in total. The van der Waals surface area contributed by atoms with Crippen LogP contribution in [0.15, 0.2) is 0 Å². The second-order valence-electron chi connectivity index (χ2n) is 2.61. The number of carbonyl (C=O) groups excluding carboxylic acids is 2. The molecule has 6 heteroatoms. The Morgan fingerprint density at radius 2 is 2.31 bits per heavy atom. The first kappa shape index (κ1) is 10.3. The summed E-state index contributed by atoms with van der Waals surface area (Å²) in [5.74, 6) is -0.341. The average Bonchev–Trinajstić information content (AvgIpc) is 2.39. The largest absolute Gasteiger partial charge is 0.322 e. The van der Waals surface area contributed by atoms with E-state index in [1.165, 1.54) is 0 Å². The predicted molar refractivity (Wildman–Crippen MR) is 48.9 cm³/mol. The maximum Gasteiger partial charge on any atom is 0.322 e. The molecule has 0 aromatic carbocycles. The summed E-state index contributed by atoms with van der Waals surface area (Å²) in [6.45, 7) is 2.65. The molecule has 0 saturated carbocycles. The number of hydrogen-bond donors (Lipinski definition) is 2. The molecule has 0 aromatic heterocycles. The predicted octanol–water partition coefficient (Wildman–Crippen LogP) is 0.617. The van der Waals surface area contributed by atoms with E-state index in [9.17, 15) is 9.59 Å². The van der Waals surface area contributed by atoms with E-state index in [-0.39, 0.29) is 5.91 Å². The summed E-state index contributed by atoms with van der Waals surface area (Å²) in [4.78, 5) is 21.6. The minimum Gasteiger partial charge on any atom is -0.315 e. The number of rotatable bonds is 5. The van der Waals surface area contributed by atoms with Crippen molar-refractivity contribution in [2.24, 2.45) is 0 Å². The van der Waals surface area contributed by atoms with Gasteiger partial charge < -0.3 is 9.50 Å². The van der Waals surface area contributed by atoms with Crippen LogP contribution in [0.25, 0.3) is 0 Å². The first-order chi connectivity index (χ1) is 6.24. The molecule has 1 unspecified atom stereocenters. The van der Waals surface area contributed by atoms with Crippen molar-refractivity contribution in [2.45, 2.75) is 25.1 Å². The first-order valence-electron chi connectivity index (χ1n) is 4.13. The van der Waals surface area contributed by atoms with E-state index >= 15 is 0 Å². The lowest BCUT2D eigenvalue weighted by Gasteiger charge is -2.05. The monoisotopic (exact) mass is 204 g/mol. The molecule has 0 bridgehead atoms. The van der Waals surface area contributed by atoms with E-state index < -0.39 is 11.4 Å². The molecule has 1 aliphatic heterocycles. The van der Waals surface area contributed by atoms with Gasteiger partial charge in [0.15, 0.2) is 5.37 Å². The summed E-state index contributed by atoms with van der Waals surface area (Å²) in [5.41, 5.74) is 0. The molecule has 0 aliphatic carbocycles. The molecule has 1 saturated heterocycles. The summed E-state index contributed by atoms with van der Waals surface area (Å²) in [6.07, 6.45) is 2.00. The van der Waals surface area contributed by atoms with Crippen LogP contribution in [0.4, 0.5) is 4.79 Å². The van der Waals surface area contributed by atoms with Gasteiger partial charge in [-0.05, 0) is 6.42 Å². The van der Waals surface area contributed by atoms with Gasteiger partial charge >= 0.3 is 6.03 Å². The van der Waals surface area contributed by atoms with Gasteiger partial charge in [-0.1, -0.05) is 13.3 Å². The average molecular weight is 204 g/mol. The summed E-state index contributed by atoms with van der Waals surface area (Å²) >= 11 is 0.992. The van der Waals surface area contributed by atoms with E-state index in [0.717, 1.165) is 24.9 Å². The van der Waals surface area contributed by atoms with Crippen LogP contribution >= 0.6 is 12.0 Å². The molecule has 1 aliphatic rings. The Kier molecular flexibility index (Phi) is 4.04. The quantitative estimate of drug-likeness (QED) is 0.391. The van der Waals surface area contributed by atoms with Crippen LogP contribution in [0.3, 0.4) is 0 Å². The molecule has 74 valence electrons. The number of amides is 3. The van der Waals surface area contributed by atoms with Gasteiger partial charge in [-0.3, -0.25) is 10.1 Å². The lowest BCUT2D eigenvalue weighted by Crippen LogP contribution is -2.25. The van der Waals surface area contributed by atoms with Gasteiger partial charge in [0.1, 0.15) is 0 Å². The van der Waals surface area contributed by atoms with Gasteiger partial charge in [0, 0.05) is 12.0 Å². The van der Waals surface area contributed by atoms with Gasteiger partial charge in [-0.25, -0.2) is 4.79 Å². The molecule has 1 fully saturated rings. The van der Waals surface area contributed by atoms with Crippen LogP contribution in [-0.2, 0) is 8.98 Å². The number of hydrogen-bond acceptors (Lipinski definition) is 4. The number of imide groups is 1. The molecule has 13 heavy (non-hydrogen) atoms. The molecule has 1 rings (SSSR count). The van der Waals surface area contributed by atoms with E-state index in [1.54, 1.807) is 0 Å². The third-order valence-corrected chi connectivity index (χ3v) is 2.31. The third-order valence-electron chi connectivity index (χ3n) is 1.48. The summed E-state index contributed by atoms with van der Waals surface area (Å²) in [7, 11) is 0.